The topological polar surface area (TPSA) is 75.7 Å². The molecule has 29 heavy (non-hydrogen) atoms. The van der Waals surface area contributed by atoms with Crippen LogP contribution in [-0.4, -0.2) is 29.1 Å². The van der Waals surface area contributed by atoms with E-state index in [0.29, 0.717) is 24.5 Å². The summed E-state index contributed by atoms with van der Waals surface area (Å²) in [5.41, 5.74) is -4.92. The number of H-pyrrole nitrogens is 1. The van der Waals surface area contributed by atoms with Gasteiger partial charge in [0.2, 0.25) is 0 Å². The van der Waals surface area contributed by atoms with Crippen LogP contribution in [0, 0.1) is 5.82 Å². The van der Waals surface area contributed by atoms with E-state index in [1.54, 1.807) is 0 Å². The quantitative estimate of drug-likeness (QED) is 0.603. The fourth-order valence-electron chi connectivity index (χ4n) is 2.54. The van der Waals surface area contributed by atoms with Gasteiger partial charge in [-0.25, -0.2) is 12.8 Å². The van der Waals surface area contributed by atoms with Crippen molar-refractivity contribution in [2.75, 3.05) is 5.75 Å². The number of hydrogen-bond acceptors (Lipinski definition) is 4. The van der Waals surface area contributed by atoms with Gasteiger partial charge in [0.15, 0.2) is 15.7 Å². The maximum absolute atomic E-state index is 14.7. The molecule has 3 rings (SSSR count). The SMILES string of the molecule is CCS(=O)(=O)c1cc(C(F)(F)F)cnc1-c1[nH]c2cc(C(F)(F)F)cnc2c1F. The van der Waals surface area contributed by atoms with Crippen molar-refractivity contribution in [1.29, 1.82) is 0 Å². The first-order valence-corrected chi connectivity index (χ1v) is 9.45. The maximum Gasteiger partial charge on any atom is 0.417 e. The zero-order valence-corrected chi connectivity index (χ0v) is 15.1. The van der Waals surface area contributed by atoms with Crippen molar-refractivity contribution in [3.63, 3.8) is 0 Å². The Morgan fingerprint density at radius 2 is 1.52 bits per heavy atom. The molecule has 0 spiro atoms. The molecule has 13 heteroatoms. The third-order valence-electron chi connectivity index (χ3n) is 4.03. The minimum atomic E-state index is -4.91. The smallest absolute Gasteiger partial charge is 0.349 e. The van der Waals surface area contributed by atoms with Crippen LogP contribution in [0.3, 0.4) is 0 Å². The molecule has 0 saturated heterocycles. The second kappa shape index (κ2) is 6.68. The first kappa shape index (κ1) is 21.0. The first-order valence-electron chi connectivity index (χ1n) is 7.80. The van der Waals surface area contributed by atoms with Crippen LogP contribution in [0.4, 0.5) is 30.7 Å². The summed E-state index contributed by atoms with van der Waals surface area (Å²) in [5, 5.41) is 0. The fourth-order valence-corrected chi connectivity index (χ4v) is 3.61. The van der Waals surface area contributed by atoms with E-state index in [-0.39, 0.29) is 0 Å². The lowest BCUT2D eigenvalue weighted by Gasteiger charge is -2.12. The molecular formula is C16H10F7N3O2S. The highest BCUT2D eigenvalue weighted by Crippen LogP contribution is 2.37. The van der Waals surface area contributed by atoms with Crippen molar-refractivity contribution >= 4 is 20.9 Å². The minimum Gasteiger partial charge on any atom is -0.349 e. The van der Waals surface area contributed by atoms with Crippen molar-refractivity contribution in [3.05, 3.63) is 41.5 Å². The molecule has 3 heterocycles. The lowest BCUT2D eigenvalue weighted by atomic mass is 10.2. The van der Waals surface area contributed by atoms with Gasteiger partial charge in [0.1, 0.15) is 16.9 Å². The van der Waals surface area contributed by atoms with Crippen LogP contribution in [0.5, 0.6) is 0 Å². The van der Waals surface area contributed by atoms with E-state index < -0.39 is 72.2 Å². The number of nitrogens with zero attached hydrogens (tertiary/aromatic N) is 2. The molecule has 0 atom stereocenters. The first-order chi connectivity index (χ1) is 13.3. The number of sulfone groups is 1. The second-order valence-electron chi connectivity index (χ2n) is 5.90. The highest BCUT2D eigenvalue weighted by Gasteiger charge is 2.35. The summed E-state index contributed by atoms with van der Waals surface area (Å²) in [6, 6.07) is 0.855. The number of pyridine rings is 2. The van der Waals surface area contributed by atoms with Gasteiger partial charge in [-0.2, -0.15) is 26.3 Å². The van der Waals surface area contributed by atoms with E-state index in [1.165, 1.54) is 0 Å². The largest absolute Gasteiger partial charge is 0.417 e. The lowest BCUT2D eigenvalue weighted by molar-refractivity contribution is -0.138. The van der Waals surface area contributed by atoms with Gasteiger partial charge in [0.25, 0.3) is 0 Å². The van der Waals surface area contributed by atoms with Crippen molar-refractivity contribution < 1.29 is 39.2 Å². The van der Waals surface area contributed by atoms with Gasteiger partial charge in [0, 0.05) is 12.4 Å². The van der Waals surface area contributed by atoms with Gasteiger partial charge in [-0.15, -0.1) is 0 Å². The zero-order chi connectivity index (χ0) is 21.8. The van der Waals surface area contributed by atoms with Crippen LogP contribution in [0.15, 0.2) is 29.4 Å². The van der Waals surface area contributed by atoms with Crippen LogP contribution in [0.25, 0.3) is 22.4 Å². The number of rotatable bonds is 3. The van der Waals surface area contributed by atoms with Gasteiger partial charge in [-0.1, -0.05) is 6.92 Å². The third kappa shape index (κ3) is 3.78. The number of fused-ring (bicyclic) bond motifs is 1. The predicted octanol–water partition coefficient (Wildman–Crippen LogP) is 4.60. The molecule has 0 amide bonds. The Labute approximate surface area is 158 Å². The average Bonchev–Trinajstić information content (AvgIpc) is 2.96. The van der Waals surface area contributed by atoms with Crippen LogP contribution in [-0.2, 0) is 22.2 Å². The van der Waals surface area contributed by atoms with E-state index in [2.05, 4.69) is 15.0 Å². The molecule has 0 aromatic carbocycles. The molecule has 0 fully saturated rings. The molecule has 5 nitrogen and oxygen atoms in total. The van der Waals surface area contributed by atoms with Gasteiger partial charge >= 0.3 is 12.4 Å². The number of nitrogens with one attached hydrogen (secondary N) is 1. The number of hydrogen-bond donors (Lipinski definition) is 1. The van der Waals surface area contributed by atoms with E-state index >= 15 is 0 Å². The monoisotopic (exact) mass is 441 g/mol. The van der Waals surface area contributed by atoms with Crippen LogP contribution < -0.4 is 0 Å². The summed E-state index contributed by atoms with van der Waals surface area (Å²) >= 11 is 0. The number of aromatic amines is 1. The minimum absolute atomic E-state index is 0.306. The Morgan fingerprint density at radius 3 is 2.07 bits per heavy atom. The maximum atomic E-state index is 14.7. The van der Waals surface area contributed by atoms with Gasteiger partial charge in [-0.3, -0.25) is 9.97 Å². The summed E-state index contributed by atoms with van der Waals surface area (Å²) in [5.74, 6) is -1.85. The van der Waals surface area contributed by atoms with Gasteiger partial charge in [0.05, 0.1) is 27.3 Å². The standard InChI is InChI=1S/C16H10F7N3O2S/c1-2-29(27,28)10-4-8(16(21,22)23)6-25-13(10)14-11(17)12-9(26-14)3-7(5-24-12)15(18,19)20/h3-6,26H,2H2,1H3. The molecule has 0 aliphatic rings. The Bertz CT molecular complexity index is 1200. The van der Waals surface area contributed by atoms with E-state index in [0.717, 1.165) is 6.92 Å². The van der Waals surface area contributed by atoms with Crippen LogP contribution in [0.2, 0.25) is 0 Å². The van der Waals surface area contributed by atoms with Gasteiger partial charge < -0.3 is 4.98 Å². The van der Waals surface area contributed by atoms with Crippen LogP contribution in [0.1, 0.15) is 18.1 Å². The fraction of sp³-hybridized carbons (Fsp3) is 0.250. The zero-order valence-electron chi connectivity index (χ0n) is 14.3. The van der Waals surface area contributed by atoms with E-state index in [1.807, 2.05) is 0 Å². The molecule has 0 aliphatic heterocycles. The Hall–Kier alpha value is -2.70. The lowest BCUT2D eigenvalue weighted by Crippen LogP contribution is -2.12. The molecule has 0 saturated carbocycles. The average molecular weight is 441 g/mol. The molecule has 1 N–H and O–H groups in total. The molecule has 0 radical (unpaired) electrons. The summed E-state index contributed by atoms with van der Waals surface area (Å²) in [7, 11) is -4.29. The molecule has 3 aromatic rings. The highest BCUT2D eigenvalue weighted by atomic mass is 32.2. The molecule has 3 aromatic heterocycles. The highest BCUT2D eigenvalue weighted by molar-refractivity contribution is 7.91. The third-order valence-corrected chi connectivity index (χ3v) is 5.78. The van der Waals surface area contributed by atoms with Crippen molar-refractivity contribution in [2.45, 2.75) is 24.2 Å². The second-order valence-corrected chi connectivity index (χ2v) is 8.15. The van der Waals surface area contributed by atoms with Crippen molar-refractivity contribution in [1.82, 2.24) is 15.0 Å². The summed E-state index contributed by atoms with van der Waals surface area (Å²) in [6.45, 7) is 1.16. The van der Waals surface area contributed by atoms with E-state index in [9.17, 15) is 39.2 Å². The number of alkyl halides is 6. The van der Waals surface area contributed by atoms with Crippen molar-refractivity contribution in [2.24, 2.45) is 0 Å². The molecule has 0 aliphatic carbocycles. The number of aromatic nitrogens is 3. The summed E-state index contributed by atoms with van der Waals surface area (Å²) in [4.78, 5) is 8.15. The molecule has 156 valence electrons. The Morgan fingerprint density at radius 1 is 0.966 bits per heavy atom. The number of halogens is 7. The Kier molecular flexibility index (Phi) is 4.84. The van der Waals surface area contributed by atoms with E-state index in [4.69, 9.17) is 0 Å². The molecule has 0 bridgehead atoms. The van der Waals surface area contributed by atoms with Crippen LogP contribution >= 0.6 is 0 Å². The normalized spacial score (nSPS) is 13.2. The molecule has 0 unspecified atom stereocenters. The molecular weight excluding hydrogens is 431 g/mol. The summed E-state index contributed by atoms with van der Waals surface area (Å²) in [6.07, 6.45) is -8.99. The predicted molar refractivity (Wildman–Crippen MR) is 87.0 cm³/mol. The van der Waals surface area contributed by atoms with Gasteiger partial charge in [-0.05, 0) is 12.1 Å². The Balaban J connectivity index is 2.30. The summed E-state index contributed by atoms with van der Waals surface area (Å²) < 4.78 is 117. The van der Waals surface area contributed by atoms with Crippen molar-refractivity contribution in [3.8, 4) is 11.4 Å².